The molecule has 1 saturated heterocycles. The minimum absolute atomic E-state index is 0.0715. The Balaban J connectivity index is 2.27. The third-order valence-corrected chi connectivity index (χ3v) is 4.88. The van der Waals surface area contributed by atoms with Gasteiger partial charge >= 0.3 is 11.9 Å². The van der Waals surface area contributed by atoms with Crippen LogP contribution in [0.4, 0.5) is 0 Å². The number of ether oxygens (including phenoxy) is 3. The minimum Gasteiger partial charge on any atom is -0.479 e. The molecular formula is C23H34O9. The highest BCUT2D eigenvalue weighted by atomic mass is 16.7. The molecule has 0 radical (unpaired) electrons. The molecule has 1 aromatic rings. The Hall–Kier alpha value is -2.20. The summed E-state index contributed by atoms with van der Waals surface area (Å²) in [6, 6.07) is 5.11. The second-order valence-corrected chi connectivity index (χ2v) is 10.4. The summed E-state index contributed by atoms with van der Waals surface area (Å²) in [5.41, 5.74) is 0.686. The Bertz CT molecular complexity index is 822. The maximum absolute atomic E-state index is 12.1. The predicted molar refractivity (Wildman–Crippen MR) is 114 cm³/mol. The second kappa shape index (κ2) is 9.74. The van der Waals surface area contributed by atoms with Crippen molar-refractivity contribution >= 4 is 11.9 Å². The minimum atomic E-state index is -1.80. The molecule has 2 rings (SSSR count). The van der Waals surface area contributed by atoms with Crippen molar-refractivity contribution in [1.82, 2.24) is 0 Å². The SMILES string of the molecule is CC(C)(C)Cc1cc(COC(=O)C(C)(C)C)ccc1O[C@@H]1O[C@H](C(=O)O)[C@@H](O)[C@H](O)[C@H]1O. The molecule has 0 saturated carbocycles. The summed E-state index contributed by atoms with van der Waals surface area (Å²) in [6.45, 7) is 11.4. The van der Waals surface area contributed by atoms with Crippen LogP contribution in [0.15, 0.2) is 18.2 Å². The van der Waals surface area contributed by atoms with Crippen LogP contribution in [0.5, 0.6) is 5.75 Å². The van der Waals surface area contributed by atoms with Crippen LogP contribution >= 0.6 is 0 Å². The van der Waals surface area contributed by atoms with E-state index in [4.69, 9.17) is 14.2 Å². The first-order valence-corrected chi connectivity index (χ1v) is 10.5. The predicted octanol–water partition coefficient (Wildman–Crippen LogP) is 1.64. The lowest BCUT2D eigenvalue weighted by molar-refractivity contribution is -0.271. The summed E-state index contributed by atoms with van der Waals surface area (Å²) in [6.07, 6.45) is -7.90. The van der Waals surface area contributed by atoms with Crippen LogP contribution in [0.3, 0.4) is 0 Å². The van der Waals surface area contributed by atoms with Gasteiger partial charge in [0.15, 0.2) is 6.10 Å². The molecule has 0 bridgehead atoms. The highest BCUT2D eigenvalue weighted by Crippen LogP contribution is 2.32. The molecule has 0 unspecified atom stereocenters. The van der Waals surface area contributed by atoms with Gasteiger partial charge in [-0.25, -0.2) is 4.79 Å². The van der Waals surface area contributed by atoms with E-state index in [1.807, 2.05) is 26.8 Å². The zero-order valence-electron chi connectivity index (χ0n) is 19.4. The standard InChI is InChI=1S/C23H34O9/c1-22(2,3)10-13-9-12(11-30-21(29)23(4,5)6)7-8-14(13)31-20-17(26)15(24)16(25)18(32-20)19(27)28/h7-9,15-18,20,24-26H,10-11H2,1-6H3,(H,27,28)/t15-,16-,17+,18-,20+/m0/s1. The van der Waals surface area contributed by atoms with Crippen molar-refractivity contribution in [1.29, 1.82) is 0 Å². The number of carboxylic acids is 1. The van der Waals surface area contributed by atoms with Crippen LogP contribution in [0.1, 0.15) is 52.7 Å². The quantitative estimate of drug-likeness (QED) is 0.472. The molecule has 0 spiro atoms. The topological polar surface area (TPSA) is 143 Å². The summed E-state index contributed by atoms with van der Waals surface area (Å²) >= 11 is 0. The number of carboxylic acid groups (broad SMARTS) is 1. The van der Waals surface area contributed by atoms with E-state index in [9.17, 15) is 30.0 Å². The molecule has 0 aromatic heterocycles. The maximum Gasteiger partial charge on any atom is 0.335 e. The number of carbonyl (C=O) groups is 2. The van der Waals surface area contributed by atoms with Crippen molar-refractivity contribution in [2.75, 3.05) is 0 Å². The van der Waals surface area contributed by atoms with E-state index in [0.29, 0.717) is 12.2 Å². The molecule has 1 heterocycles. The van der Waals surface area contributed by atoms with Gasteiger partial charge in [-0.3, -0.25) is 4.79 Å². The molecule has 32 heavy (non-hydrogen) atoms. The number of esters is 1. The van der Waals surface area contributed by atoms with Crippen LogP contribution in [0.25, 0.3) is 0 Å². The van der Waals surface area contributed by atoms with Gasteiger partial charge in [0.1, 0.15) is 30.7 Å². The van der Waals surface area contributed by atoms with E-state index >= 15 is 0 Å². The van der Waals surface area contributed by atoms with Gasteiger partial charge in [-0.2, -0.15) is 0 Å². The first kappa shape index (κ1) is 26.1. The van der Waals surface area contributed by atoms with Crippen LogP contribution in [-0.2, 0) is 32.1 Å². The number of rotatable bonds is 6. The monoisotopic (exact) mass is 454 g/mol. The summed E-state index contributed by atoms with van der Waals surface area (Å²) in [5.74, 6) is -1.49. The molecular weight excluding hydrogens is 420 g/mol. The molecule has 180 valence electrons. The van der Waals surface area contributed by atoms with E-state index in [1.165, 1.54) is 0 Å². The fourth-order valence-electron chi connectivity index (χ4n) is 3.19. The van der Waals surface area contributed by atoms with Crippen LogP contribution < -0.4 is 4.74 Å². The Morgan fingerprint density at radius 3 is 2.16 bits per heavy atom. The molecule has 1 aliphatic rings. The van der Waals surface area contributed by atoms with Gasteiger partial charge in [-0.15, -0.1) is 0 Å². The lowest BCUT2D eigenvalue weighted by atomic mass is 9.87. The largest absolute Gasteiger partial charge is 0.479 e. The van der Waals surface area contributed by atoms with Gasteiger partial charge < -0.3 is 34.6 Å². The molecule has 5 atom stereocenters. The number of aliphatic hydroxyl groups is 3. The normalized spacial score (nSPS) is 26.5. The summed E-state index contributed by atoms with van der Waals surface area (Å²) in [4.78, 5) is 23.4. The molecule has 1 aromatic carbocycles. The molecule has 0 aliphatic carbocycles. The molecule has 9 nitrogen and oxygen atoms in total. The summed E-state index contributed by atoms with van der Waals surface area (Å²) in [7, 11) is 0. The summed E-state index contributed by atoms with van der Waals surface area (Å²) < 4.78 is 16.4. The van der Waals surface area contributed by atoms with Gasteiger partial charge in [-0.1, -0.05) is 26.8 Å². The van der Waals surface area contributed by atoms with Gasteiger partial charge in [0.2, 0.25) is 6.29 Å². The highest BCUT2D eigenvalue weighted by molar-refractivity contribution is 5.75. The number of benzene rings is 1. The van der Waals surface area contributed by atoms with E-state index in [1.54, 1.807) is 32.9 Å². The van der Waals surface area contributed by atoms with Crippen molar-refractivity contribution in [3.63, 3.8) is 0 Å². The van der Waals surface area contributed by atoms with Crippen molar-refractivity contribution in [2.24, 2.45) is 10.8 Å². The average Bonchev–Trinajstić information content (AvgIpc) is 2.65. The number of aliphatic carboxylic acids is 1. The van der Waals surface area contributed by atoms with Crippen molar-refractivity contribution in [3.8, 4) is 5.75 Å². The lowest BCUT2D eigenvalue weighted by Crippen LogP contribution is -2.61. The Labute approximate surface area is 187 Å². The van der Waals surface area contributed by atoms with Crippen molar-refractivity contribution in [2.45, 2.75) is 85.3 Å². The van der Waals surface area contributed by atoms with E-state index in [-0.39, 0.29) is 18.0 Å². The molecule has 1 fully saturated rings. The Kier molecular flexibility index (Phi) is 7.93. The van der Waals surface area contributed by atoms with Crippen LogP contribution in [0.2, 0.25) is 0 Å². The van der Waals surface area contributed by atoms with Crippen molar-refractivity contribution < 1.29 is 44.2 Å². The van der Waals surface area contributed by atoms with E-state index in [0.717, 1.165) is 11.1 Å². The van der Waals surface area contributed by atoms with Gasteiger partial charge in [0, 0.05) is 0 Å². The number of carbonyl (C=O) groups excluding carboxylic acids is 1. The summed E-state index contributed by atoms with van der Waals surface area (Å²) in [5, 5.41) is 39.4. The zero-order valence-corrected chi connectivity index (χ0v) is 19.4. The molecule has 4 N–H and O–H groups in total. The number of aliphatic hydroxyl groups excluding tert-OH is 3. The lowest BCUT2D eigenvalue weighted by Gasteiger charge is -2.38. The fraction of sp³-hybridized carbons (Fsp3) is 0.652. The zero-order chi connectivity index (χ0) is 24.4. The van der Waals surface area contributed by atoms with E-state index in [2.05, 4.69) is 0 Å². The third-order valence-electron chi connectivity index (χ3n) is 4.88. The Morgan fingerprint density at radius 2 is 1.62 bits per heavy atom. The van der Waals surface area contributed by atoms with Crippen LogP contribution in [-0.4, -0.2) is 63.1 Å². The third kappa shape index (κ3) is 6.65. The second-order valence-electron chi connectivity index (χ2n) is 10.4. The Morgan fingerprint density at radius 1 is 1.00 bits per heavy atom. The van der Waals surface area contributed by atoms with Crippen LogP contribution in [0, 0.1) is 10.8 Å². The van der Waals surface area contributed by atoms with E-state index < -0.39 is 42.1 Å². The fourth-order valence-corrected chi connectivity index (χ4v) is 3.19. The first-order valence-electron chi connectivity index (χ1n) is 10.5. The molecule has 1 aliphatic heterocycles. The maximum atomic E-state index is 12.1. The van der Waals surface area contributed by atoms with Gasteiger partial charge in [0.05, 0.1) is 5.41 Å². The van der Waals surface area contributed by atoms with Crippen molar-refractivity contribution in [3.05, 3.63) is 29.3 Å². The number of hydrogen-bond donors (Lipinski definition) is 4. The number of hydrogen-bond acceptors (Lipinski definition) is 8. The molecule has 0 amide bonds. The molecule has 9 heteroatoms. The van der Waals surface area contributed by atoms with Gasteiger partial charge in [0.25, 0.3) is 0 Å². The first-order chi connectivity index (χ1) is 14.6. The average molecular weight is 455 g/mol. The highest BCUT2D eigenvalue weighted by Gasteiger charge is 2.48. The smallest absolute Gasteiger partial charge is 0.335 e. The van der Waals surface area contributed by atoms with Gasteiger partial charge in [-0.05, 0) is 55.9 Å².